The molecule has 0 radical (unpaired) electrons. The summed E-state index contributed by atoms with van der Waals surface area (Å²) in [5.41, 5.74) is 1.84. The molecular formula is C27H30BrNO3. The van der Waals surface area contributed by atoms with Gasteiger partial charge in [0.05, 0.1) is 19.3 Å². The first-order chi connectivity index (χ1) is 15.3. The van der Waals surface area contributed by atoms with Crippen LogP contribution in [0.4, 0.5) is 4.79 Å². The highest BCUT2D eigenvalue weighted by Gasteiger charge is 2.35. The van der Waals surface area contributed by atoms with Crippen molar-refractivity contribution in [2.24, 2.45) is 0 Å². The van der Waals surface area contributed by atoms with Gasteiger partial charge in [-0.3, -0.25) is 0 Å². The number of halogens is 1. The molecule has 0 unspecified atom stereocenters. The Balaban J connectivity index is 1.52. The first-order valence-electron chi connectivity index (χ1n) is 11.1. The van der Waals surface area contributed by atoms with Gasteiger partial charge < -0.3 is 14.4 Å². The zero-order valence-corrected chi connectivity index (χ0v) is 20.5. The zero-order chi connectivity index (χ0) is 22.7. The first kappa shape index (κ1) is 22.8. The predicted octanol–water partition coefficient (Wildman–Crippen LogP) is 6.91. The van der Waals surface area contributed by atoms with Crippen molar-refractivity contribution >= 4 is 32.8 Å². The number of nitrogens with zero attached hydrogens (tertiary/aromatic N) is 1. The Bertz CT molecular complexity index is 1090. The number of carbonyl (C=O) groups is 1. The van der Waals surface area contributed by atoms with E-state index in [0.29, 0.717) is 19.7 Å². The maximum atomic E-state index is 12.7. The Labute approximate surface area is 198 Å². The summed E-state index contributed by atoms with van der Waals surface area (Å²) in [5.74, 6) is 0.214. The van der Waals surface area contributed by atoms with Crippen LogP contribution in [0.15, 0.2) is 71.2 Å². The summed E-state index contributed by atoms with van der Waals surface area (Å²) in [6.45, 7) is 7.36. The quantitative estimate of drug-likeness (QED) is 0.394. The molecule has 4 rings (SSSR count). The highest BCUT2D eigenvalue weighted by molar-refractivity contribution is 9.10. The number of hydrogen-bond donors (Lipinski definition) is 0. The summed E-state index contributed by atoms with van der Waals surface area (Å²) in [5, 5.41) is 2.42. The van der Waals surface area contributed by atoms with Crippen molar-refractivity contribution in [3.8, 4) is 0 Å². The Morgan fingerprint density at radius 2 is 1.81 bits per heavy atom. The molecule has 0 N–H and O–H groups in total. The molecule has 0 aromatic heterocycles. The van der Waals surface area contributed by atoms with Crippen LogP contribution in [-0.4, -0.2) is 35.8 Å². The second-order valence-electron chi connectivity index (χ2n) is 9.41. The number of benzene rings is 3. The van der Waals surface area contributed by atoms with E-state index in [-0.39, 0.29) is 18.1 Å². The van der Waals surface area contributed by atoms with Crippen LogP contribution >= 0.6 is 15.9 Å². The zero-order valence-electron chi connectivity index (χ0n) is 18.9. The van der Waals surface area contributed by atoms with E-state index in [4.69, 9.17) is 9.47 Å². The average Bonchev–Trinajstić information content (AvgIpc) is 2.76. The lowest BCUT2D eigenvalue weighted by atomic mass is 9.87. The molecule has 0 aliphatic carbocycles. The lowest BCUT2D eigenvalue weighted by Crippen LogP contribution is -2.48. The van der Waals surface area contributed by atoms with Crippen molar-refractivity contribution in [3.05, 3.63) is 82.3 Å². The van der Waals surface area contributed by atoms with Crippen LogP contribution in [0.25, 0.3) is 10.8 Å². The number of carbonyl (C=O) groups excluding carboxylic acids is 1. The summed E-state index contributed by atoms with van der Waals surface area (Å²) in [6.07, 6.45) is 0.444. The predicted molar refractivity (Wildman–Crippen MR) is 132 cm³/mol. The van der Waals surface area contributed by atoms with Gasteiger partial charge in [0.2, 0.25) is 0 Å². The number of piperidine rings is 1. The molecular weight excluding hydrogens is 466 g/mol. The fourth-order valence-electron chi connectivity index (χ4n) is 4.23. The minimum Gasteiger partial charge on any atom is -0.444 e. The molecule has 1 aliphatic heterocycles. The van der Waals surface area contributed by atoms with Gasteiger partial charge in [-0.25, -0.2) is 4.79 Å². The van der Waals surface area contributed by atoms with Crippen LogP contribution in [0, 0.1) is 0 Å². The maximum Gasteiger partial charge on any atom is 0.410 e. The Morgan fingerprint density at radius 1 is 1.03 bits per heavy atom. The van der Waals surface area contributed by atoms with Gasteiger partial charge in [-0.1, -0.05) is 64.5 Å². The third-order valence-electron chi connectivity index (χ3n) is 5.77. The summed E-state index contributed by atoms with van der Waals surface area (Å²) in [4.78, 5) is 14.5. The van der Waals surface area contributed by atoms with Gasteiger partial charge in [0, 0.05) is 16.9 Å². The van der Waals surface area contributed by atoms with Gasteiger partial charge in [-0.2, -0.15) is 0 Å². The molecule has 1 aliphatic rings. The molecule has 3 aromatic carbocycles. The molecule has 4 nitrogen and oxygen atoms in total. The van der Waals surface area contributed by atoms with Gasteiger partial charge in [0.15, 0.2) is 0 Å². The smallest absolute Gasteiger partial charge is 0.410 e. The summed E-state index contributed by atoms with van der Waals surface area (Å²) in [7, 11) is 0. The van der Waals surface area contributed by atoms with Crippen LogP contribution < -0.4 is 0 Å². The fourth-order valence-corrected chi connectivity index (χ4v) is 4.65. The first-order valence-corrected chi connectivity index (χ1v) is 11.9. The lowest BCUT2D eigenvalue weighted by Gasteiger charge is -2.39. The van der Waals surface area contributed by atoms with Crippen molar-refractivity contribution in [1.82, 2.24) is 4.90 Å². The van der Waals surface area contributed by atoms with E-state index >= 15 is 0 Å². The van der Waals surface area contributed by atoms with E-state index in [9.17, 15) is 4.79 Å². The van der Waals surface area contributed by atoms with Crippen LogP contribution in [0.2, 0.25) is 0 Å². The maximum absolute atomic E-state index is 12.7. The summed E-state index contributed by atoms with van der Waals surface area (Å²) >= 11 is 3.59. The second-order valence-corrected chi connectivity index (χ2v) is 10.3. The van der Waals surface area contributed by atoms with Crippen molar-refractivity contribution in [1.29, 1.82) is 0 Å². The van der Waals surface area contributed by atoms with Crippen LogP contribution in [0.3, 0.4) is 0 Å². The van der Waals surface area contributed by atoms with Gasteiger partial charge in [-0.05, 0) is 67.3 Å². The standard InChI is InChI=1S/C27H30BrNO3/c1-27(2,3)32-26(30)29-14-13-24(22-9-6-10-23(28)16-22)25(17-29)31-18-19-11-12-20-7-4-5-8-21(20)15-19/h4-12,15-16,24-25H,13-14,17-18H2,1-3H3/t24-,25-/m0/s1. The molecule has 168 valence electrons. The van der Waals surface area contributed by atoms with E-state index in [1.807, 2.05) is 32.9 Å². The summed E-state index contributed by atoms with van der Waals surface area (Å²) < 4.78 is 13.1. The molecule has 0 spiro atoms. The minimum atomic E-state index is -0.514. The van der Waals surface area contributed by atoms with Gasteiger partial charge in [0.25, 0.3) is 0 Å². The molecule has 5 heteroatoms. The topological polar surface area (TPSA) is 38.8 Å². The molecule has 2 atom stereocenters. The number of ether oxygens (including phenoxy) is 2. The molecule has 1 amide bonds. The highest BCUT2D eigenvalue weighted by Crippen LogP contribution is 2.33. The largest absolute Gasteiger partial charge is 0.444 e. The fraction of sp³-hybridized carbons (Fsp3) is 0.370. The molecule has 1 fully saturated rings. The molecule has 32 heavy (non-hydrogen) atoms. The normalized spacial score (nSPS) is 19.2. The van der Waals surface area contributed by atoms with Gasteiger partial charge in [-0.15, -0.1) is 0 Å². The monoisotopic (exact) mass is 495 g/mol. The van der Waals surface area contributed by atoms with Crippen LogP contribution in [-0.2, 0) is 16.1 Å². The van der Waals surface area contributed by atoms with E-state index in [0.717, 1.165) is 16.5 Å². The molecule has 0 saturated carbocycles. The van der Waals surface area contributed by atoms with Crippen molar-refractivity contribution in [2.75, 3.05) is 13.1 Å². The number of likely N-dealkylation sites (tertiary alicyclic amines) is 1. The SMILES string of the molecule is CC(C)(C)OC(=O)N1CC[C@@H](c2cccc(Br)c2)[C@@H](OCc2ccc3ccccc3c2)C1. The number of rotatable bonds is 4. The van der Waals surface area contributed by atoms with Gasteiger partial charge >= 0.3 is 6.09 Å². The third-order valence-corrected chi connectivity index (χ3v) is 6.26. The Hall–Kier alpha value is -2.37. The van der Waals surface area contributed by atoms with Crippen molar-refractivity contribution in [3.63, 3.8) is 0 Å². The van der Waals surface area contributed by atoms with E-state index in [1.54, 1.807) is 4.90 Å². The highest BCUT2D eigenvalue weighted by atomic mass is 79.9. The molecule has 1 heterocycles. The number of hydrogen-bond acceptors (Lipinski definition) is 3. The molecule has 0 bridgehead atoms. The molecule has 1 saturated heterocycles. The van der Waals surface area contributed by atoms with Crippen LogP contribution in [0.5, 0.6) is 0 Å². The Morgan fingerprint density at radius 3 is 2.56 bits per heavy atom. The van der Waals surface area contributed by atoms with E-state index < -0.39 is 5.60 Å². The molecule has 3 aromatic rings. The second kappa shape index (κ2) is 9.63. The number of fused-ring (bicyclic) bond motifs is 1. The summed E-state index contributed by atoms with van der Waals surface area (Å²) in [6, 6.07) is 23.1. The van der Waals surface area contributed by atoms with Crippen molar-refractivity contribution in [2.45, 2.75) is 51.4 Å². The van der Waals surface area contributed by atoms with E-state index in [1.165, 1.54) is 16.3 Å². The average molecular weight is 496 g/mol. The number of amides is 1. The third kappa shape index (κ3) is 5.70. The van der Waals surface area contributed by atoms with Crippen LogP contribution in [0.1, 0.15) is 44.2 Å². The lowest BCUT2D eigenvalue weighted by molar-refractivity contribution is -0.0359. The Kier molecular flexibility index (Phi) is 6.87. The minimum absolute atomic E-state index is 0.114. The van der Waals surface area contributed by atoms with E-state index in [2.05, 4.69) is 70.5 Å². The van der Waals surface area contributed by atoms with Crippen molar-refractivity contribution < 1.29 is 14.3 Å². The van der Waals surface area contributed by atoms with Gasteiger partial charge in [0.1, 0.15) is 5.60 Å².